The third-order valence-electron chi connectivity index (χ3n) is 1.35. The molecule has 0 fully saturated rings. The van der Waals surface area contributed by atoms with Gasteiger partial charge in [-0.25, -0.2) is 0 Å². The number of hydrogen-bond donors (Lipinski definition) is 2. The predicted molar refractivity (Wildman–Crippen MR) is 48.3 cm³/mol. The van der Waals surface area contributed by atoms with Crippen molar-refractivity contribution in [2.45, 2.75) is 6.92 Å². The first-order valence-corrected chi connectivity index (χ1v) is 4.16. The second-order valence-electron chi connectivity index (χ2n) is 2.20. The molecule has 2 nitrogen and oxygen atoms in total. The third kappa shape index (κ3) is 2.50. The standard InChI is InChI=1S/C7H9BO2S/c1-6-7(3-5-11-6)2-4-8(9)10/h2-5,9-10H,1H3/b4-2+. The first kappa shape index (κ1) is 8.52. The summed E-state index contributed by atoms with van der Waals surface area (Å²) in [4.78, 5) is 1.18. The van der Waals surface area contributed by atoms with Crippen molar-refractivity contribution in [3.63, 3.8) is 0 Å². The van der Waals surface area contributed by atoms with E-state index in [0.29, 0.717) is 0 Å². The zero-order chi connectivity index (χ0) is 8.27. The lowest BCUT2D eigenvalue weighted by Gasteiger charge is -1.88. The predicted octanol–water partition coefficient (Wildman–Crippen LogP) is 1.08. The molecular formula is C7H9BO2S. The average Bonchev–Trinajstić information content (AvgIpc) is 2.31. The molecule has 1 heterocycles. The molecule has 1 rings (SSSR count). The maximum absolute atomic E-state index is 8.51. The van der Waals surface area contributed by atoms with Gasteiger partial charge in [-0.15, -0.1) is 11.3 Å². The van der Waals surface area contributed by atoms with E-state index in [-0.39, 0.29) is 0 Å². The van der Waals surface area contributed by atoms with Crippen LogP contribution in [0.25, 0.3) is 6.08 Å². The molecule has 2 N–H and O–H groups in total. The minimum absolute atomic E-state index is 1.04. The SMILES string of the molecule is Cc1sccc1/C=C/B(O)O. The molecule has 0 saturated heterocycles. The Morgan fingerprint density at radius 1 is 1.55 bits per heavy atom. The van der Waals surface area contributed by atoms with Crippen molar-refractivity contribution in [3.05, 3.63) is 27.9 Å². The molecule has 0 aromatic carbocycles. The second-order valence-corrected chi connectivity index (χ2v) is 3.33. The lowest BCUT2D eigenvalue weighted by molar-refractivity contribution is 0.424. The van der Waals surface area contributed by atoms with Gasteiger partial charge >= 0.3 is 7.12 Å². The van der Waals surface area contributed by atoms with Crippen LogP contribution >= 0.6 is 11.3 Å². The van der Waals surface area contributed by atoms with Crippen LogP contribution < -0.4 is 0 Å². The van der Waals surface area contributed by atoms with E-state index in [9.17, 15) is 0 Å². The van der Waals surface area contributed by atoms with Gasteiger partial charge in [-0.2, -0.15) is 0 Å². The van der Waals surface area contributed by atoms with E-state index < -0.39 is 7.12 Å². The smallest absolute Gasteiger partial charge is 0.424 e. The van der Waals surface area contributed by atoms with Crippen LogP contribution in [0.2, 0.25) is 0 Å². The van der Waals surface area contributed by atoms with Crippen LogP contribution in [0.15, 0.2) is 17.4 Å². The van der Waals surface area contributed by atoms with Gasteiger partial charge in [-0.1, -0.05) is 12.1 Å². The molecule has 11 heavy (non-hydrogen) atoms. The summed E-state index contributed by atoms with van der Waals surface area (Å²) in [6.07, 6.45) is 1.70. The molecule has 58 valence electrons. The maximum Gasteiger partial charge on any atom is 0.480 e. The summed E-state index contributed by atoms with van der Waals surface area (Å²) in [5.74, 6) is 1.34. The lowest BCUT2D eigenvalue weighted by atomic mass is 9.91. The summed E-state index contributed by atoms with van der Waals surface area (Å²) < 4.78 is 0. The second kappa shape index (κ2) is 3.71. The number of rotatable bonds is 2. The first-order valence-electron chi connectivity index (χ1n) is 3.28. The van der Waals surface area contributed by atoms with Crippen molar-refractivity contribution in [2.24, 2.45) is 0 Å². The van der Waals surface area contributed by atoms with Gasteiger partial charge in [0.15, 0.2) is 0 Å². The molecule has 4 heteroatoms. The van der Waals surface area contributed by atoms with Gasteiger partial charge in [-0.05, 0) is 23.9 Å². The van der Waals surface area contributed by atoms with E-state index in [1.807, 2.05) is 18.4 Å². The maximum atomic E-state index is 8.51. The Kier molecular flexibility index (Phi) is 2.88. The van der Waals surface area contributed by atoms with Crippen molar-refractivity contribution in [1.82, 2.24) is 0 Å². The van der Waals surface area contributed by atoms with Crippen LogP contribution in [0, 0.1) is 6.92 Å². The summed E-state index contributed by atoms with van der Waals surface area (Å²) >= 11 is 1.64. The minimum atomic E-state index is -1.35. The van der Waals surface area contributed by atoms with Crippen molar-refractivity contribution in [1.29, 1.82) is 0 Å². The summed E-state index contributed by atoms with van der Waals surface area (Å²) in [6, 6.07) is 1.94. The highest BCUT2D eigenvalue weighted by Crippen LogP contribution is 2.16. The zero-order valence-corrected chi connectivity index (χ0v) is 7.01. The summed E-state index contributed by atoms with van der Waals surface area (Å²) in [7, 11) is -1.35. The third-order valence-corrected chi connectivity index (χ3v) is 2.21. The van der Waals surface area contributed by atoms with E-state index in [1.54, 1.807) is 17.4 Å². The van der Waals surface area contributed by atoms with Gasteiger partial charge < -0.3 is 10.0 Å². The highest BCUT2D eigenvalue weighted by atomic mass is 32.1. The summed E-state index contributed by atoms with van der Waals surface area (Å²) in [5.41, 5.74) is 1.04. The van der Waals surface area contributed by atoms with E-state index in [1.165, 1.54) is 10.9 Å². The van der Waals surface area contributed by atoms with E-state index in [4.69, 9.17) is 10.0 Å². The van der Waals surface area contributed by atoms with Crippen LogP contribution in [0.1, 0.15) is 10.4 Å². The highest BCUT2D eigenvalue weighted by molar-refractivity contribution is 7.10. The normalized spacial score (nSPS) is 10.8. The molecule has 0 aliphatic rings. The zero-order valence-electron chi connectivity index (χ0n) is 6.19. The van der Waals surface area contributed by atoms with Gasteiger partial charge in [-0.3, -0.25) is 0 Å². The van der Waals surface area contributed by atoms with Crippen LogP contribution in [0.5, 0.6) is 0 Å². The Morgan fingerprint density at radius 2 is 2.27 bits per heavy atom. The molecule has 1 aromatic rings. The Labute approximate surface area is 70.0 Å². The van der Waals surface area contributed by atoms with Gasteiger partial charge in [0.1, 0.15) is 0 Å². The van der Waals surface area contributed by atoms with Crippen molar-refractivity contribution in [3.8, 4) is 0 Å². The molecule has 0 atom stereocenters. The molecule has 0 bridgehead atoms. The van der Waals surface area contributed by atoms with Crippen LogP contribution in [-0.2, 0) is 0 Å². The molecule has 0 unspecified atom stereocenters. The largest absolute Gasteiger partial charge is 0.480 e. The fraction of sp³-hybridized carbons (Fsp3) is 0.143. The van der Waals surface area contributed by atoms with Gasteiger partial charge in [0.25, 0.3) is 0 Å². The minimum Gasteiger partial charge on any atom is -0.424 e. The number of hydrogen-bond acceptors (Lipinski definition) is 3. The monoisotopic (exact) mass is 168 g/mol. The number of thiophene rings is 1. The molecular weight excluding hydrogens is 159 g/mol. The fourth-order valence-corrected chi connectivity index (χ4v) is 1.45. The molecule has 0 aliphatic heterocycles. The Bertz CT molecular complexity index is 255. The van der Waals surface area contributed by atoms with Gasteiger partial charge in [0.2, 0.25) is 0 Å². The van der Waals surface area contributed by atoms with Crippen LogP contribution in [-0.4, -0.2) is 17.2 Å². The highest BCUT2D eigenvalue weighted by Gasteiger charge is 1.99. The van der Waals surface area contributed by atoms with E-state index >= 15 is 0 Å². The van der Waals surface area contributed by atoms with Crippen LogP contribution in [0.4, 0.5) is 0 Å². The van der Waals surface area contributed by atoms with E-state index in [0.717, 1.165) is 5.56 Å². The fourth-order valence-electron chi connectivity index (χ4n) is 0.757. The Hall–Kier alpha value is -0.575. The first-order chi connectivity index (χ1) is 5.20. The lowest BCUT2D eigenvalue weighted by Crippen LogP contribution is -2.05. The van der Waals surface area contributed by atoms with Gasteiger partial charge in [0, 0.05) is 4.88 Å². The van der Waals surface area contributed by atoms with Crippen LogP contribution in [0.3, 0.4) is 0 Å². The van der Waals surface area contributed by atoms with E-state index in [2.05, 4.69) is 0 Å². The Balaban J connectivity index is 2.71. The molecule has 0 saturated carbocycles. The summed E-state index contributed by atoms with van der Waals surface area (Å²) in [5, 5.41) is 19.0. The number of aryl methyl sites for hydroxylation is 1. The summed E-state index contributed by atoms with van der Waals surface area (Å²) in [6.45, 7) is 1.99. The molecule has 0 amide bonds. The molecule has 0 radical (unpaired) electrons. The molecule has 0 spiro atoms. The van der Waals surface area contributed by atoms with Crippen molar-refractivity contribution >= 4 is 24.5 Å². The molecule has 1 aromatic heterocycles. The van der Waals surface area contributed by atoms with Crippen molar-refractivity contribution in [2.75, 3.05) is 0 Å². The topological polar surface area (TPSA) is 40.5 Å². The van der Waals surface area contributed by atoms with Gasteiger partial charge in [0.05, 0.1) is 0 Å². The molecule has 0 aliphatic carbocycles. The van der Waals surface area contributed by atoms with Crippen molar-refractivity contribution < 1.29 is 10.0 Å². The average molecular weight is 168 g/mol. The Morgan fingerprint density at radius 3 is 2.73 bits per heavy atom. The quantitative estimate of drug-likeness (QED) is 0.648.